The number of hydrogen-bond donors (Lipinski definition) is 1. The second-order valence-electron chi connectivity index (χ2n) is 2.25. The number of rotatable bonds is 0. The molecule has 0 saturated heterocycles. The van der Waals surface area contributed by atoms with Gasteiger partial charge in [0.15, 0.2) is 11.8 Å². The molecule has 6 heteroatoms. The van der Waals surface area contributed by atoms with E-state index in [1.165, 1.54) is 0 Å². The van der Waals surface area contributed by atoms with Gasteiger partial charge in [-0.2, -0.15) is 0 Å². The quantitative estimate of drug-likeness (QED) is 0.380. The first kappa shape index (κ1) is 9.22. The van der Waals surface area contributed by atoms with Gasteiger partial charge >= 0.3 is 0 Å². The van der Waals surface area contributed by atoms with Gasteiger partial charge in [0.2, 0.25) is 11.5 Å². The van der Waals surface area contributed by atoms with Crippen LogP contribution in [0.4, 0.5) is 0 Å². The van der Waals surface area contributed by atoms with Crippen molar-refractivity contribution in [2.24, 2.45) is 7.05 Å². The smallest absolute Gasteiger partial charge is 0.292 e. The fourth-order valence-electron chi connectivity index (χ4n) is 0.963. The molecule has 0 bridgehead atoms. The average molecular weight is 205 g/mol. The molecule has 0 saturated carbocycles. The van der Waals surface area contributed by atoms with Crippen LogP contribution in [0.15, 0.2) is 12.7 Å². The lowest BCUT2D eigenvalue weighted by atomic mass is 10.5. The van der Waals surface area contributed by atoms with E-state index in [9.17, 15) is 0 Å². The molecule has 0 aromatic carbocycles. The highest BCUT2D eigenvalue weighted by Gasteiger charge is 2.11. The molecule has 0 aliphatic heterocycles. The van der Waals surface area contributed by atoms with Crippen molar-refractivity contribution in [2.75, 3.05) is 0 Å². The third-order valence-electron chi connectivity index (χ3n) is 1.50. The number of aromatic amines is 1. The van der Waals surface area contributed by atoms with Gasteiger partial charge in [-0.15, -0.1) is 0 Å². The average Bonchev–Trinajstić information content (AvgIpc) is 2.45. The van der Waals surface area contributed by atoms with Crippen molar-refractivity contribution in [3.8, 4) is 0 Å². The summed E-state index contributed by atoms with van der Waals surface area (Å²) in [7, 11) is 1.87. The van der Waals surface area contributed by atoms with Gasteiger partial charge in [-0.3, -0.25) is 0 Å². The zero-order valence-electron chi connectivity index (χ0n) is 6.25. The van der Waals surface area contributed by atoms with Crippen LogP contribution in [0.25, 0.3) is 11.2 Å². The first-order valence-corrected chi connectivity index (χ1v) is 3.50. The molecule has 0 unspecified atom stereocenters. The van der Waals surface area contributed by atoms with Crippen molar-refractivity contribution in [1.29, 1.82) is 0 Å². The third kappa shape index (κ3) is 1.23. The number of fused-ring (bicyclic) bond motifs is 1. The Balaban J connectivity index is 0.000000720. The van der Waals surface area contributed by atoms with E-state index >= 15 is 0 Å². The minimum Gasteiger partial charge on any atom is -1.00 e. The van der Waals surface area contributed by atoms with Crippen molar-refractivity contribution in [3.63, 3.8) is 0 Å². The number of nitrogens with zero attached hydrogens (tertiary/aromatic N) is 3. The molecule has 2 aromatic heterocycles. The van der Waals surface area contributed by atoms with Crippen molar-refractivity contribution < 1.29 is 17.0 Å². The van der Waals surface area contributed by atoms with E-state index < -0.39 is 0 Å². The summed E-state index contributed by atoms with van der Waals surface area (Å²) in [4.78, 5) is 10.9. The predicted molar refractivity (Wildman–Crippen MR) is 40.1 cm³/mol. The van der Waals surface area contributed by atoms with Crippen LogP contribution in [0.1, 0.15) is 0 Å². The van der Waals surface area contributed by atoms with Crippen LogP contribution in [-0.4, -0.2) is 15.0 Å². The van der Waals surface area contributed by atoms with Crippen LogP contribution in [0.3, 0.4) is 0 Å². The Morgan fingerprint density at radius 3 is 2.92 bits per heavy atom. The maximum absolute atomic E-state index is 5.77. The highest BCUT2D eigenvalue weighted by molar-refractivity contribution is 6.33. The Kier molecular flexibility index (Phi) is 2.49. The Bertz CT molecular complexity index is 361. The minimum absolute atomic E-state index is 0. The highest BCUT2D eigenvalue weighted by atomic mass is 35.5. The fraction of sp³-hybridized carbons (Fsp3) is 0.167. The number of nitrogens with one attached hydrogen (secondary N) is 1. The summed E-state index contributed by atoms with van der Waals surface area (Å²) in [6, 6.07) is 0. The molecule has 1 N–H and O–H groups in total. The molecule has 2 aromatic rings. The third-order valence-corrected chi connectivity index (χ3v) is 1.79. The number of hydrogen-bond acceptors (Lipinski definition) is 2. The molecule has 12 heavy (non-hydrogen) atoms. The predicted octanol–water partition coefficient (Wildman–Crippen LogP) is -2.56. The number of aromatic nitrogens is 4. The molecule has 0 radical (unpaired) electrons. The topological polar surface area (TPSA) is 45.5 Å². The molecule has 0 fully saturated rings. The molecule has 0 spiro atoms. The molecular weight excluding hydrogens is 199 g/mol. The first-order valence-electron chi connectivity index (χ1n) is 3.12. The number of H-pyrrole nitrogens is 1. The summed E-state index contributed by atoms with van der Waals surface area (Å²) in [6.45, 7) is 0. The first-order chi connectivity index (χ1) is 5.29. The van der Waals surface area contributed by atoms with Crippen LogP contribution in [-0.2, 0) is 7.05 Å². The largest absolute Gasteiger partial charge is 1.00 e. The number of imidazole rings is 1. The molecule has 0 aliphatic rings. The number of aryl methyl sites for hydroxylation is 1. The summed E-state index contributed by atoms with van der Waals surface area (Å²) in [5, 5.41) is 0.454. The summed E-state index contributed by atoms with van der Waals surface area (Å²) in [6.07, 6.45) is 3.23. The molecule has 2 heterocycles. The lowest BCUT2D eigenvalue weighted by molar-refractivity contribution is -0.649. The van der Waals surface area contributed by atoms with Crippen molar-refractivity contribution in [1.82, 2.24) is 15.0 Å². The van der Waals surface area contributed by atoms with Gasteiger partial charge in [-0.05, 0) is 11.6 Å². The van der Waals surface area contributed by atoms with E-state index in [4.69, 9.17) is 11.6 Å². The summed E-state index contributed by atoms with van der Waals surface area (Å²) in [5.41, 5.74) is 1.58. The normalized spacial score (nSPS) is 9.83. The summed E-state index contributed by atoms with van der Waals surface area (Å²) >= 11 is 5.77. The molecule has 0 atom stereocenters. The Morgan fingerprint density at radius 1 is 1.50 bits per heavy atom. The zero-order valence-corrected chi connectivity index (χ0v) is 7.76. The van der Waals surface area contributed by atoms with Crippen molar-refractivity contribution in [2.45, 2.75) is 0 Å². The Labute approximate surface area is 80.0 Å². The van der Waals surface area contributed by atoms with Gasteiger partial charge in [0.05, 0.1) is 7.05 Å². The standard InChI is InChI=1S/C6H5ClN4.ClH/c1-11-3-10-5(7)4-6(11)9-2-8-4;/h2-3H,1H3;1H. The van der Waals surface area contributed by atoms with Crippen LogP contribution in [0.5, 0.6) is 0 Å². The molecular formula is C6H6Cl2N4. The van der Waals surface area contributed by atoms with E-state index in [2.05, 4.69) is 15.0 Å². The van der Waals surface area contributed by atoms with Crippen LogP contribution < -0.4 is 17.0 Å². The van der Waals surface area contributed by atoms with E-state index in [1.54, 1.807) is 17.2 Å². The SMILES string of the molecule is C[n+]1cnc(Cl)c2[nH]cnc21.[Cl-]. The van der Waals surface area contributed by atoms with Crippen LogP contribution in [0.2, 0.25) is 5.15 Å². The lowest BCUT2D eigenvalue weighted by Gasteiger charge is -1.89. The molecule has 0 amide bonds. The van der Waals surface area contributed by atoms with E-state index in [0.29, 0.717) is 5.15 Å². The van der Waals surface area contributed by atoms with Gasteiger partial charge in [0.25, 0.3) is 5.65 Å². The van der Waals surface area contributed by atoms with E-state index in [1.807, 2.05) is 7.05 Å². The fourth-order valence-corrected chi connectivity index (χ4v) is 1.15. The maximum Gasteiger partial charge on any atom is 0.292 e. The van der Waals surface area contributed by atoms with Crippen LogP contribution in [0, 0.1) is 0 Å². The minimum atomic E-state index is 0. The Morgan fingerprint density at radius 2 is 2.25 bits per heavy atom. The molecule has 64 valence electrons. The summed E-state index contributed by atoms with van der Waals surface area (Å²) in [5.74, 6) is 0. The molecule has 4 nitrogen and oxygen atoms in total. The molecule has 0 aliphatic carbocycles. The van der Waals surface area contributed by atoms with Gasteiger partial charge < -0.3 is 17.4 Å². The lowest BCUT2D eigenvalue weighted by Crippen LogP contribution is -3.00. The van der Waals surface area contributed by atoms with Gasteiger partial charge in [0, 0.05) is 0 Å². The van der Waals surface area contributed by atoms with Gasteiger partial charge in [-0.1, -0.05) is 9.97 Å². The van der Waals surface area contributed by atoms with Crippen molar-refractivity contribution >= 4 is 22.8 Å². The second kappa shape index (κ2) is 3.25. The van der Waals surface area contributed by atoms with Crippen LogP contribution >= 0.6 is 11.6 Å². The zero-order chi connectivity index (χ0) is 7.84. The van der Waals surface area contributed by atoms with E-state index in [-0.39, 0.29) is 12.4 Å². The monoisotopic (exact) mass is 204 g/mol. The highest BCUT2D eigenvalue weighted by Crippen LogP contribution is 2.12. The number of halogens is 2. The maximum atomic E-state index is 5.77. The Hall–Kier alpha value is -0.870. The van der Waals surface area contributed by atoms with Crippen molar-refractivity contribution in [3.05, 3.63) is 17.8 Å². The summed E-state index contributed by atoms with van der Waals surface area (Å²) < 4.78 is 1.80. The van der Waals surface area contributed by atoms with E-state index in [0.717, 1.165) is 11.2 Å². The van der Waals surface area contributed by atoms with Gasteiger partial charge in [-0.25, -0.2) is 4.57 Å². The second-order valence-corrected chi connectivity index (χ2v) is 2.61. The van der Waals surface area contributed by atoms with Gasteiger partial charge in [0.1, 0.15) is 0 Å². The molecule has 2 rings (SSSR count).